The summed E-state index contributed by atoms with van der Waals surface area (Å²) in [5.74, 6) is 0. The fourth-order valence-corrected chi connectivity index (χ4v) is 4.05. The molecule has 0 rings (SSSR count). The van der Waals surface area contributed by atoms with Gasteiger partial charge in [0.1, 0.15) is 0 Å². The number of hydrogen-bond acceptors (Lipinski definition) is 4. The lowest BCUT2D eigenvalue weighted by molar-refractivity contribution is -0.253. The first-order valence-corrected chi connectivity index (χ1v) is 9.51. The van der Waals surface area contributed by atoms with E-state index in [0.717, 1.165) is 12.8 Å². The lowest BCUT2D eigenvalue weighted by Gasteiger charge is -2.56. The highest BCUT2D eigenvalue weighted by molar-refractivity contribution is 5.09. The van der Waals surface area contributed by atoms with Crippen LogP contribution in [0, 0.1) is 5.41 Å². The van der Waals surface area contributed by atoms with Crippen molar-refractivity contribution >= 4 is 0 Å². The molecule has 0 aliphatic carbocycles. The number of unbranched alkanes of at least 4 members (excludes halogenated alkanes) is 3. The van der Waals surface area contributed by atoms with E-state index in [-0.39, 0.29) is 13.2 Å². The summed E-state index contributed by atoms with van der Waals surface area (Å²) in [6.45, 7) is 10.1. The quantitative estimate of drug-likeness (QED) is 0.425. The summed E-state index contributed by atoms with van der Waals surface area (Å²) in [6.07, 6.45) is 6.72. The van der Waals surface area contributed by atoms with Crippen molar-refractivity contribution in [1.82, 2.24) is 0 Å². The predicted octanol–water partition coefficient (Wildman–Crippen LogP) is 3.66. The van der Waals surface area contributed by atoms with Gasteiger partial charge in [0.25, 0.3) is 0 Å². The van der Waals surface area contributed by atoms with Crippen LogP contribution >= 0.6 is 0 Å². The van der Waals surface area contributed by atoms with Gasteiger partial charge in [-0.15, -0.1) is 0 Å². The second-order valence-electron chi connectivity index (χ2n) is 6.75. The van der Waals surface area contributed by atoms with Crippen LogP contribution in [0.2, 0.25) is 0 Å². The molecule has 0 bridgehead atoms. The lowest BCUT2D eigenvalue weighted by Crippen LogP contribution is -2.66. The first-order chi connectivity index (χ1) is 10.9. The van der Waals surface area contributed by atoms with Gasteiger partial charge in [0.05, 0.1) is 29.8 Å². The zero-order chi connectivity index (χ0) is 18.0. The van der Waals surface area contributed by atoms with Gasteiger partial charge in [-0.1, -0.05) is 53.9 Å². The minimum absolute atomic E-state index is 0.279. The number of aliphatic hydroxyl groups excluding tert-OH is 2. The lowest BCUT2D eigenvalue weighted by atomic mass is 9.58. The van der Waals surface area contributed by atoms with Crippen LogP contribution in [0.5, 0.6) is 0 Å². The van der Waals surface area contributed by atoms with Crippen molar-refractivity contribution in [2.75, 3.05) is 19.8 Å². The first-order valence-electron chi connectivity index (χ1n) is 9.51. The van der Waals surface area contributed by atoms with Gasteiger partial charge in [0.2, 0.25) is 0 Å². The SMILES string of the molecule is CCCCCCOC(CC)(CC)C(CO)(CO)C(O)(CC)CC. The molecule has 0 radical (unpaired) electrons. The molecular formula is C19H40O4. The predicted molar refractivity (Wildman–Crippen MR) is 95.5 cm³/mol. The summed E-state index contributed by atoms with van der Waals surface area (Å²) in [5.41, 5.74) is -2.92. The van der Waals surface area contributed by atoms with Gasteiger partial charge in [-0.2, -0.15) is 0 Å². The summed E-state index contributed by atoms with van der Waals surface area (Å²) in [6, 6.07) is 0. The standard InChI is InChI=1S/C19H40O4/c1-6-11-12-13-14-23-19(9-4,10-5)17(15-20,16-21)18(22,7-2)8-3/h20-22H,6-16H2,1-5H3. The first kappa shape index (κ1) is 22.8. The molecule has 0 amide bonds. The van der Waals surface area contributed by atoms with E-state index < -0.39 is 16.6 Å². The van der Waals surface area contributed by atoms with Crippen molar-refractivity contribution < 1.29 is 20.1 Å². The third-order valence-electron chi connectivity index (χ3n) is 5.99. The Labute approximate surface area is 143 Å². The Morgan fingerprint density at radius 2 is 1.26 bits per heavy atom. The van der Waals surface area contributed by atoms with E-state index in [1.54, 1.807) is 0 Å². The Bertz CT molecular complexity index is 292. The van der Waals surface area contributed by atoms with Gasteiger partial charge in [0.15, 0.2) is 0 Å². The average molecular weight is 333 g/mol. The topological polar surface area (TPSA) is 69.9 Å². The van der Waals surface area contributed by atoms with E-state index >= 15 is 0 Å². The maximum atomic E-state index is 11.2. The highest BCUT2D eigenvalue weighted by Gasteiger charge is 2.60. The Morgan fingerprint density at radius 1 is 0.739 bits per heavy atom. The normalized spacial score (nSPS) is 13.6. The molecule has 0 unspecified atom stereocenters. The zero-order valence-electron chi connectivity index (χ0n) is 16.0. The summed E-state index contributed by atoms with van der Waals surface area (Å²) < 4.78 is 6.29. The van der Waals surface area contributed by atoms with Gasteiger partial charge in [-0.25, -0.2) is 0 Å². The highest BCUT2D eigenvalue weighted by atomic mass is 16.5. The van der Waals surface area contributed by atoms with Crippen LogP contribution in [-0.2, 0) is 4.74 Å². The molecule has 23 heavy (non-hydrogen) atoms. The minimum Gasteiger partial charge on any atom is -0.395 e. The van der Waals surface area contributed by atoms with Crippen LogP contribution in [0.1, 0.15) is 86.0 Å². The Morgan fingerprint density at radius 3 is 1.61 bits per heavy atom. The molecule has 0 aliphatic heterocycles. The Hall–Kier alpha value is -0.160. The molecule has 140 valence electrons. The molecule has 0 spiro atoms. The molecule has 0 atom stereocenters. The largest absolute Gasteiger partial charge is 0.395 e. The highest BCUT2D eigenvalue weighted by Crippen LogP contribution is 2.50. The summed E-state index contributed by atoms with van der Waals surface area (Å²) >= 11 is 0. The van der Waals surface area contributed by atoms with E-state index in [4.69, 9.17) is 4.74 Å². The molecule has 0 aromatic carbocycles. The van der Waals surface area contributed by atoms with E-state index in [1.165, 1.54) is 12.8 Å². The third-order valence-corrected chi connectivity index (χ3v) is 5.99. The molecule has 0 aromatic rings. The van der Waals surface area contributed by atoms with Gasteiger partial charge in [-0.3, -0.25) is 0 Å². The number of aliphatic hydroxyl groups is 3. The van der Waals surface area contributed by atoms with Crippen molar-refractivity contribution in [2.45, 2.75) is 97.2 Å². The summed E-state index contributed by atoms with van der Waals surface area (Å²) in [4.78, 5) is 0. The van der Waals surface area contributed by atoms with Crippen LogP contribution < -0.4 is 0 Å². The molecule has 4 heteroatoms. The van der Waals surface area contributed by atoms with Crippen molar-refractivity contribution in [1.29, 1.82) is 0 Å². The van der Waals surface area contributed by atoms with Gasteiger partial charge >= 0.3 is 0 Å². The maximum absolute atomic E-state index is 11.2. The average Bonchev–Trinajstić information content (AvgIpc) is 2.60. The molecular weight excluding hydrogens is 292 g/mol. The minimum atomic E-state index is -1.15. The molecule has 0 heterocycles. The summed E-state index contributed by atoms with van der Waals surface area (Å²) in [7, 11) is 0. The molecule has 0 fully saturated rings. The second kappa shape index (κ2) is 10.7. The third kappa shape index (κ3) is 4.47. The molecule has 0 aromatic heterocycles. The van der Waals surface area contributed by atoms with Crippen molar-refractivity contribution in [3.05, 3.63) is 0 Å². The fraction of sp³-hybridized carbons (Fsp3) is 1.00. The van der Waals surface area contributed by atoms with Crippen LogP contribution in [-0.4, -0.2) is 46.3 Å². The maximum Gasteiger partial charge on any atom is 0.0805 e. The molecule has 0 aliphatic rings. The van der Waals surface area contributed by atoms with Crippen molar-refractivity contribution in [2.24, 2.45) is 5.41 Å². The van der Waals surface area contributed by atoms with Gasteiger partial charge in [-0.05, 0) is 32.1 Å². The molecule has 0 saturated carbocycles. The summed E-state index contributed by atoms with van der Waals surface area (Å²) in [5, 5.41) is 31.6. The van der Waals surface area contributed by atoms with Crippen LogP contribution in [0.15, 0.2) is 0 Å². The van der Waals surface area contributed by atoms with Crippen molar-refractivity contribution in [3.63, 3.8) is 0 Å². The zero-order valence-corrected chi connectivity index (χ0v) is 16.0. The monoisotopic (exact) mass is 332 g/mol. The Kier molecular flexibility index (Phi) is 10.6. The van der Waals surface area contributed by atoms with E-state index in [9.17, 15) is 15.3 Å². The van der Waals surface area contributed by atoms with Crippen LogP contribution in [0.25, 0.3) is 0 Å². The number of rotatable bonds is 14. The van der Waals surface area contributed by atoms with Crippen LogP contribution in [0.3, 0.4) is 0 Å². The van der Waals surface area contributed by atoms with Gasteiger partial charge < -0.3 is 20.1 Å². The van der Waals surface area contributed by atoms with Crippen LogP contribution in [0.4, 0.5) is 0 Å². The fourth-order valence-electron chi connectivity index (χ4n) is 4.05. The van der Waals surface area contributed by atoms with Gasteiger partial charge in [0, 0.05) is 6.61 Å². The second-order valence-corrected chi connectivity index (χ2v) is 6.75. The Balaban J connectivity index is 5.53. The molecule has 0 saturated heterocycles. The number of hydrogen-bond donors (Lipinski definition) is 3. The van der Waals surface area contributed by atoms with E-state index in [1.807, 2.05) is 27.7 Å². The molecule has 4 nitrogen and oxygen atoms in total. The van der Waals surface area contributed by atoms with E-state index in [0.29, 0.717) is 32.3 Å². The molecule has 3 N–H and O–H groups in total. The van der Waals surface area contributed by atoms with Crippen molar-refractivity contribution in [3.8, 4) is 0 Å². The smallest absolute Gasteiger partial charge is 0.0805 e. The number of ether oxygens (including phenoxy) is 1. The van der Waals surface area contributed by atoms with E-state index in [2.05, 4.69) is 6.92 Å².